The van der Waals surface area contributed by atoms with Crippen molar-refractivity contribution in [3.8, 4) is 5.75 Å². The normalized spacial score (nSPS) is 10.4. The molecule has 0 aliphatic rings. The van der Waals surface area contributed by atoms with Crippen molar-refractivity contribution in [3.05, 3.63) is 65.2 Å². The molecule has 0 radical (unpaired) electrons. The van der Waals surface area contributed by atoms with Crippen LogP contribution in [0, 0.1) is 11.6 Å². The highest BCUT2D eigenvalue weighted by Crippen LogP contribution is 2.19. The number of hydrogen-bond acceptors (Lipinski definition) is 1. The number of ether oxygens (including phenoxy) is 1. The second kappa shape index (κ2) is 5.96. The Bertz CT molecular complexity index is 526. The zero-order chi connectivity index (χ0) is 13.0. The minimum Gasteiger partial charge on any atom is -0.489 e. The monoisotopic (exact) mass is 312 g/mol. The van der Waals surface area contributed by atoms with Crippen LogP contribution in [0.2, 0.25) is 0 Å². The van der Waals surface area contributed by atoms with Crippen molar-refractivity contribution in [2.45, 2.75) is 11.9 Å². The summed E-state index contributed by atoms with van der Waals surface area (Å²) < 4.78 is 31.4. The van der Waals surface area contributed by atoms with Gasteiger partial charge in [-0.15, -0.1) is 0 Å². The predicted molar refractivity (Wildman–Crippen MR) is 69.8 cm³/mol. The second-order valence-electron chi connectivity index (χ2n) is 3.84. The zero-order valence-corrected chi connectivity index (χ0v) is 11.1. The molecule has 0 heterocycles. The molecule has 18 heavy (non-hydrogen) atoms. The third-order valence-corrected chi connectivity index (χ3v) is 3.05. The highest BCUT2D eigenvalue weighted by molar-refractivity contribution is 9.08. The minimum absolute atomic E-state index is 0.283. The van der Waals surface area contributed by atoms with Crippen LogP contribution in [-0.2, 0) is 11.9 Å². The first kappa shape index (κ1) is 13.0. The summed E-state index contributed by atoms with van der Waals surface area (Å²) in [6.07, 6.45) is 0. The molecule has 2 aromatic rings. The van der Waals surface area contributed by atoms with Crippen molar-refractivity contribution >= 4 is 15.9 Å². The zero-order valence-electron chi connectivity index (χ0n) is 9.50. The molecule has 0 spiro atoms. The molecule has 94 valence electrons. The summed E-state index contributed by atoms with van der Waals surface area (Å²) in [5.74, 6) is -0.152. The summed E-state index contributed by atoms with van der Waals surface area (Å²) in [5.41, 5.74) is 1.64. The molecule has 0 aromatic heterocycles. The largest absolute Gasteiger partial charge is 0.489 e. The number of hydrogen-bond donors (Lipinski definition) is 0. The lowest BCUT2D eigenvalue weighted by Gasteiger charge is -2.08. The minimum atomic E-state index is -0.332. The predicted octanol–water partition coefficient (Wildman–Crippen LogP) is 4.44. The Labute approximate surface area is 113 Å². The number of benzene rings is 2. The summed E-state index contributed by atoms with van der Waals surface area (Å²) in [4.78, 5) is 0. The van der Waals surface area contributed by atoms with E-state index in [-0.39, 0.29) is 18.2 Å². The van der Waals surface area contributed by atoms with E-state index >= 15 is 0 Å². The molecule has 0 aliphatic heterocycles. The Morgan fingerprint density at radius 2 is 1.61 bits per heavy atom. The van der Waals surface area contributed by atoms with Gasteiger partial charge in [-0.05, 0) is 35.4 Å². The van der Waals surface area contributed by atoms with Crippen LogP contribution in [-0.4, -0.2) is 0 Å². The van der Waals surface area contributed by atoms with Gasteiger partial charge in [-0.3, -0.25) is 0 Å². The van der Waals surface area contributed by atoms with Gasteiger partial charge in [-0.25, -0.2) is 8.78 Å². The summed E-state index contributed by atoms with van der Waals surface area (Å²) in [6.45, 7) is 0.283. The molecule has 0 atom stereocenters. The summed E-state index contributed by atoms with van der Waals surface area (Å²) >= 11 is 3.27. The quantitative estimate of drug-likeness (QED) is 0.758. The van der Waals surface area contributed by atoms with Gasteiger partial charge in [0, 0.05) is 11.4 Å². The van der Waals surface area contributed by atoms with Crippen LogP contribution in [0.25, 0.3) is 0 Å². The van der Waals surface area contributed by atoms with Gasteiger partial charge >= 0.3 is 0 Å². The fraction of sp³-hybridized carbons (Fsp3) is 0.143. The van der Waals surface area contributed by atoms with Gasteiger partial charge in [-0.1, -0.05) is 28.1 Å². The molecule has 0 bridgehead atoms. The van der Waals surface area contributed by atoms with Crippen molar-refractivity contribution in [1.29, 1.82) is 0 Å². The van der Waals surface area contributed by atoms with Crippen LogP contribution < -0.4 is 4.74 Å². The van der Waals surface area contributed by atoms with Gasteiger partial charge in [0.15, 0.2) is 0 Å². The van der Waals surface area contributed by atoms with Crippen molar-refractivity contribution < 1.29 is 13.5 Å². The number of halogens is 3. The highest BCUT2D eigenvalue weighted by atomic mass is 79.9. The van der Waals surface area contributed by atoms with Gasteiger partial charge in [0.05, 0.1) is 0 Å². The molecule has 0 unspecified atom stereocenters. The second-order valence-corrected chi connectivity index (χ2v) is 4.40. The molecule has 0 saturated heterocycles. The van der Waals surface area contributed by atoms with E-state index in [1.165, 1.54) is 24.3 Å². The van der Waals surface area contributed by atoms with E-state index in [4.69, 9.17) is 4.74 Å². The molecule has 1 nitrogen and oxygen atoms in total. The number of rotatable bonds is 4. The van der Waals surface area contributed by atoms with Crippen LogP contribution in [0.3, 0.4) is 0 Å². The Morgan fingerprint density at radius 1 is 0.889 bits per heavy atom. The lowest BCUT2D eigenvalue weighted by Crippen LogP contribution is -1.96. The summed E-state index contributed by atoms with van der Waals surface area (Å²) in [6, 6.07) is 10.6. The fourth-order valence-electron chi connectivity index (χ4n) is 1.53. The van der Waals surface area contributed by atoms with Crippen molar-refractivity contribution in [3.63, 3.8) is 0 Å². The van der Waals surface area contributed by atoms with E-state index in [9.17, 15) is 8.78 Å². The third-order valence-electron chi connectivity index (χ3n) is 2.40. The van der Waals surface area contributed by atoms with Gasteiger partial charge in [-0.2, -0.15) is 0 Å². The van der Waals surface area contributed by atoms with E-state index < -0.39 is 0 Å². The SMILES string of the molecule is Fc1ccc(COc2cc(F)cc(CBr)c2)cc1. The van der Waals surface area contributed by atoms with Crippen LogP contribution in [0.4, 0.5) is 8.78 Å². The first-order valence-corrected chi connectivity index (χ1v) is 6.52. The molecule has 0 fully saturated rings. The van der Waals surface area contributed by atoms with E-state index in [0.717, 1.165) is 11.1 Å². The first-order valence-electron chi connectivity index (χ1n) is 5.40. The van der Waals surface area contributed by atoms with Crippen molar-refractivity contribution in [2.75, 3.05) is 0 Å². The Balaban J connectivity index is 2.05. The highest BCUT2D eigenvalue weighted by Gasteiger charge is 2.02. The molecular formula is C14H11BrF2O. The molecule has 2 aromatic carbocycles. The van der Waals surface area contributed by atoms with Gasteiger partial charge in [0.2, 0.25) is 0 Å². The van der Waals surface area contributed by atoms with E-state index in [2.05, 4.69) is 15.9 Å². The van der Waals surface area contributed by atoms with E-state index in [1.807, 2.05) is 0 Å². The van der Waals surface area contributed by atoms with E-state index in [0.29, 0.717) is 11.1 Å². The van der Waals surface area contributed by atoms with Crippen LogP contribution in [0.5, 0.6) is 5.75 Å². The first-order chi connectivity index (χ1) is 8.67. The Morgan fingerprint density at radius 3 is 2.28 bits per heavy atom. The van der Waals surface area contributed by atoms with Gasteiger partial charge in [0.25, 0.3) is 0 Å². The maximum atomic E-state index is 13.2. The molecule has 0 amide bonds. The molecule has 0 aliphatic carbocycles. The summed E-state index contributed by atoms with van der Waals surface area (Å²) in [5, 5.41) is 0.567. The fourth-order valence-corrected chi connectivity index (χ4v) is 1.85. The lowest BCUT2D eigenvalue weighted by molar-refractivity contribution is 0.304. The molecule has 0 saturated carbocycles. The number of alkyl halides is 1. The van der Waals surface area contributed by atoms with Gasteiger partial charge < -0.3 is 4.74 Å². The Kier molecular flexibility index (Phi) is 4.31. The molecule has 2 rings (SSSR count). The smallest absolute Gasteiger partial charge is 0.127 e. The molecule has 4 heteroatoms. The van der Waals surface area contributed by atoms with Crippen LogP contribution in [0.15, 0.2) is 42.5 Å². The van der Waals surface area contributed by atoms with Gasteiger partial charge in [0.1, 0.15) is 24.0 Å². The van der Waals surface area contributed by atoms with Crippen molar-refractivity contribution in [2.24, 2.45) is 0 Å². The molecule has 0 N–H and O–H groups in total. The average Bonchev–Trinajstić information content (AvgIpc) is 2.37. The standard InChI is InChI=1S/C14H11BrF2O/c15-8-11-5-13(17)7-14(6-11)18-9-10-1-3-12(16)4-2-10/h1-7H,8-9H2. The maximum absolute atomic E-state index is 13.2. The molecular weight excluding hydrogens is 302 g/mol. The lowest BCUT2D eigenvalue weighted by atomic mass is 10.2. The van der Waals surface area contributed by atoms with E-state index in [1.54, 1.807) is 18.2 Å². The Hall–Kier alpha value is -1.42. The average molecular weight is 313 g/mol. The summed E-state index contributed by atoms with van der Waals surface area (Å²) in [7, 11) is 0. The van der Waals surface area contributed by atoms with Crippen LogP contribution in [0.1, 0.15) is 11.1 Å². The van der Waals surface area contributed by atoms with Crippen molar-refractivity contribution in [1.82, 2.24) is 0 Å². The third kappa shape index (κ3) is 3.53. The van der Waals surface area contributed by atoms with Crippen LogP contribution >= 0.6 is 15.9 Å². The topological polar surface area (TPSA) is 9.23 Å². The maximum Gasteiger partial charge on any atom is 0.127 e.